The Morgan fingerprint density at radius 3 is 2.52 bits per heavy atom. The van der Waals surface area contributed by atoms with Gasteiger partial charge in [0, 0.05) is 19.1 Å². The first-order chi connectivity index (χ1) is 11.1. The summed E-state index contributed by atoms with van der Waals surface area (Å²) < 4.78 is 10.7. The number of benzene rings is 1. The molecule has 1 aliphatic rings. The van der Waals surface area contributed by atoms with Crippen LogP contribution in [-0.2, 0) is 6.54 Å². The summed E-state index contributed by atoms with van der Waals surface area (Å²) in [5.74, 6) is 1.20. The van der Waals surface area contributed by atoms with Crippen molar-refractivity contribution in [3.8, 4) is 11.5 Å². The van der Waals surface area contributed by atoms with Gasteiger partial charge in [0.2, 0.25) is 0 Å². The molecule has 5 nitrogen and oxygen atoms in total. The smallest absolute Gasteiger partial charge is 0.179 e. The average molecular weight is 343 g/mol. The Hall–Kier alpha value is -1.01. The van der Waals surface area contributed by atoms with Crippen molar-refractivity contribution in [2.75, 3.05) is 47.5 Å². The van der Waals surface area contributed by atoms with Crippen LogP contribution in [-0.4, -0.2) is 68.5 Å². The van der Waals surface area contributed by atoms with Gasteiger partial charge in [-0.05, 0) is 50.7 Å². The van der Waals surface area contributed by atoms with E-state index < -0.39 is 0 Å². The summed E-state index contributed by atoms with van der Waals surface area (Å²) in [6, 6.07) is 4.37. The number of ether oxygens (including phenoxy) is 2. The Bertz CT molecular complexity index is 505. The van der Waals surface area contributed by atoms with E-state index in [1.54, 1.807) is 14.2 Å². The summed E-state index contributed by atoms with van der Waals surface area (Å²) in [6.07, 6.45) is 2.25. The Balaban J connectivity index is 2.14. The fourth-order valence-corrected chi connectivity index (χ4v) is 3.49. The molecule has 0 radical (unpaired) electrons. The number of rotatable bonds is 7. The van der Waals surface area contributed by atoms with E-state index in [1.807, 2.05) is 12.1 Å². The number of likely N-dealkylation sites (tertiary alicyclic amines) is 1. The summed E-state index contributed by atoms with van der Waals surface area (Å²) in [5.41, 5.74) is 1.07. The predicted octanol–water partition coefficient (Wildman–Crippen LogP) is 2.25. The molecule has 0 aromatic heterocycles. The van der Waals surface area contributed by atoms with Crippen molar-refractivity contribution in [3.63, 3.8) is 0 Å². The van der Waals surface area contributed by atoms with Gasteiger partial charge in [0.05, 0.1) is 25.8 Å². The molecular weight excluding hydrogens is 316 g/mol. The molecule has 1 aliphatic heterocycles. The van der Waals surface area contributed by atoms with Crippen molar-refractivity contribution in [2.45, 2.75) is 25.4 Å². The molecule has 130 valence electrons. The van der Waals surface area contributed by atoms with Crippen molar-refractivity contribution in [2.24, 2.45) is 0 Å². The minimum absolute atomic E-state index is 0.160. The summed E-state index contributed by atoms with van der Waals surface area (Å²) in [4.78, 5) is 4.69. The van der Waals surface area contributed by atoms with Crippen molar-refractivity contribution >= 4 is 11.6 Å². The second-order valence-corrected chi connectivity index (χ2v) is 6.45. The van der Waals surface area contributed by atoms with Crippen molar-refractivity contribution < 1.29 is 14.6 Å². The lowest BCUT2D eigenvalue weighted by Gasteiger charge is -2.37. The molecule has 1 heterocycles. The highest BCUT2D eigenvalue weighted by Gasteiger charge is 2.23. The van der Waals surface area contributed by atoms with Gasteiger partial charge < -0.3 is 19.5 Å². The molecule has 1 saturated heterocycles. The van der Waals surface area contributed by atoms with Crippen LogP contribution in [0.5, 0.6) is 11.5 Å². The van der Waals surface area contributed by atoms with Crippen molar-refractivity contribution in [1.29, 1.82) is 0 Å². The SMILES string of the molecule is COc1cc(CN(CCO)C2CCN(C)CC2)cc(Cl)c1OC. The van der Waals surface area contributed by atoms with Gasteiger partial charge in [-0.15, -0.1) is 0 Å². The fourth-order valence-electron chi connectivity index (χ4n) is 3.18. The maximum Gasteiger partial charge on any atom is 0.179 e. The summed E-state index contributed by atoms with van der Waals surface area (Å²) in [5, 5.41) is 9.96. The number of methoxy groups -OCH3 is 2. The second-order valence-electron chi connectivity index (χ2n) is 6.04. The second kappa shape index (κ2) is 8.73. The molecule has 0 aliphatic carbocycles. The van der Waals surface area contributed by atoms with Crippen LogP contribution in [0, 0.1) is 0 Å². The number of aliphatic hydroxyl groups excluding tert-OH is 1. The molecule has 0 atom stereocenters. The van der Waals surface area contributed by atoms with E-state index in [4.69, 9.17) is 21.1 Å². The Kier molecular flexibility index (Phi) is 6.96. The minimum Gasteiger partial charge on any atom is -0.493 e. The first-order valence-corrected chi connectivity index (χ1v) is 8.40. The van der Waals surface area contributed by atoms with E-state index in [1.165, 1.54) is 0 Å². The topological polar surface area (TPSA) is 45.2 Å². The largest absolute Gasteiger partial charge is 0.493 e. The predicted molar refractivity (Wildman–Crippen MR) is 92.6 cm³/mol. The van der Waals surface area contributed by atoms with Crippen LogP contribution >= 0.6 is 11.6 Å². The third-order valence-corrected chi connectivity index (χ3v) is 4.75. The number of nitrogens with zero attached hydrogens (tertiary/aromatic N) is 2. The van der Waals surface area contributed by atoms with Crippen molar-refractivity contribution in [1.82, 2.24) is 9.80 Å². The lowest BCUT2D eigenvalue weighted by atomic mass is 10.0. The van der Waals surface area contributed by atoms with E-state index in [0.717, 1.165) is 38.0 Å². The van der Waals surface area contributed by atoms with Gasteiger partial charge in [-0.3, -0.25) is 4.90 Å². The van der Waals surface area contributed by atoms with Crippen LogP contribution in [0.2, 0.25) is 5.02 Å². The number of hydrogen-bond donors (Lipinski definition) is 1. The number of hydrogen-bond acceptors (Lipinski definition) is 5. The summed E-state index contributed by atoms with van der Waals surface area (Å²) in [6.45, 7) is 3.77. The highest BCUT2D eigenvalue weighted by Crippen LogP contribution is 2.36. The van der Waals surface area contributed by atoms with Crippen LogP contribution in [0.15, 0.2) is 12.1 Å². The molecule has 1 N–H and O–H groups in total. The Labute approximate surface area is 143 Å². The van der Waals surface area contributed by atoms with Crippen molar-refractivity contribution in [3.05, 3.63) is 22.7 Å². The minimum atomic E-state index is 0.160. The van der Waals surface area contributed by atoms with Gasteiger partial charge in [-0.1, -0.05) is 11.6 Å². The first kappa shape index (κ1) is 18.3. The molecule has 0 unspecified atom stereocenters. The molecule has 1 aromatic rings. The normalized spacial score (nSPS) is 16.8. The highest BCUT2D eigenvalue weighted by molar-refractivity contribution is 6.32. The summed E-state index contributed by atoms with van der Waals surface area (Å²) in [7, 11) is 5.35. The zero-order valence-corrected chi connectivity index (χ0v) is 15.0. The maximum atomic E-state index is 9.41. The molecule has 1 fully saturated rings. The number of piperidine rings is 1. The van der Waals surface area contributed by atoms with Crippen LogP contribution in [0.1, 0.15) is 18.4 Å². The molecule has 6 heteroatoms. The van der Waals surface area contributed by atoms with Gasteiger partial charge in [0.15, 0.2) is 11.5 Å². The van der Waals surface area contributed by atoms with Crippen LogP contribution < -0.4 is 9.47 Å². The van der Waals surface area contributed by atoms with E-state index in [9.17, 15) is 5.11 Å². The van der Waals surface area contributed by atoms with Gasteiger partial charge >= 0.3 is 0 Å². The standard InChI is InChI=1S/C17H27ClN2O3/c1-19-6-4-14(5-7-19)20(8-9-21)12-13-10-15(18)17(23-3)16(11-13)22-2/h10-11,14,21H,4-9,12H2,1-3H3. The zero-order chi connectivity index (χ0) is 16.8. The van der Waals surface area contributed by atoms with Gasteiger partial charge in [-0.2, -0.15) is 0 Å². The van der Waals surface area contributed by atoms with E-state index in [-0.39, 0.29) is 6.61 Å². The van der Waals surface area contributed by atoms with Gasteiger partial charge in [-0.25, -0.2) is 0 Å². The van der Waals surface area contributed by atoms with E-state index >= 15 is 0 Å². The monoisotopic (exact) mass is 342 g/mol. The van der Waals surface area contributed by atoms with Crippen LogP contribution in [0.25, 0.3) is 0 Å². The molecular formula is C17H27ClN2O3. The Morgan fingerprint density at radius 2 is 1.96 bits per heavy atom. The lowest BCUT2D eigenvalue weighted by molar-refractivity contribution is 0.0940. The van der Waals surface area contributed by atoms with E-state index in [2.05, 4.69) is 16.8 Å². The number of aliphatic hydroxyl groups is 1. The molecule has 0 spiro atoms. The quantitative estimate of drug-likeness (QED) is 0.823. The average Bonchev–Trinajstić information content (AvgIpc) is 2.54. The van der Waals surface area contributed by atoms with Gasteiger partial charge in [0.1, 0.15) is 0 Å². The fraction of sp³-hybridized carbons (Fsp3) is 0.647. The van der Waals surface area contributed by atoms with Gasteiger partial charge in [0.25, 0.3) is 0 Å². The molecule has 23 heavy (non-hydrogen) atoms. The molecule has 0 saturated carbocycles. The van der Waals surface area contributed by atoms with Crippen LogP contribution in [0.4, 0.5) is 0 Å². The highest BCUT2D eigenvalue weighted by atomic mass is 35.5. The molecule has 0 bridgehead atoms. The lowest BCUT2D eigenvalue weighted by Crippen LogP contribution is -2.44. The first-order valence-electron chi connectivity index (χ1n) is 8.03. The van der Waals surface area contributed by atoms with E-state index in [0.29, 0.717) is 29.1 Å². The molecule has 0 amide bonds. The molecule has 2 rings (SSSR count). The van der Waals surface area contributed by atoms with Crippen LogP contribution in [0.3, 0.4) is 0 Å². The third-order valence-electron chi connectivity index (χ3n) is 4.47. The molecule has 1 aromatic carbocycles. The zero-order valence-electron chi connectivity index (χ0n) is 14.2. The Morgan fingerprint density at radius 1 is 1.26 bits per heavy atom. The maximum absolute atomic E-state index is 9.41. The summed E-state index contributed by atoms with van der Waals surface area (Å²) >= 11 is 6.30. The third kappa shape index (κ3) is 4.73. The number of halogens is 1.